The molecule has 2 aliphatic carbocycles. The van der Waals surface area contributed by atoms with Crippen LogP contribution in [0.15, 0.2) is 0 Å². The van der Waals surface area contributed by atoms with Crippen molar-refractivity contribution in [3.05, 3.63) is 0 Å². The monoisotopic (exact) mass is 299 g/mol. The standard InChI is InChI=1S/C16H29NO2S/c1-3-19-15(18)16(2,17-13-9-10-13)11-12-20-14-7-5-4-6-8-14/h13-14,17H,3-12H2,1-2H3. The molecule has 0 amide bonds. The van der Waals surface area contributed by atoms with Crippen molar-refractivity contribution >= 4 is 17.7 Å². The fraction of sp³-hybridized carbons (Fsp3) is 0.938. The quantitative estimate of drug-likeness (QED) is 0.696. The number of hydrogen-bond donors (Lipinski definition) is 1. The Morgan fingerprint density at radius 3 is 2.55 bits per heavy atom. The van der Waals surface area contributed by atoms with Crippen LogP contribution in [0.25, 0.3) is 0 Å². The SMILES string of the molecule is CCOC(=O)C(C)(CCSC1CCCCC1)NC1CC1. The van der Waals surface area contributed by atoms with E-state index >= 15 is 0 Å². The predicted molar refractivity (Wildman–Crippen MR) is 85.1 cm³/mol. The molecule has 1 N–H and O–H groups in total. The average molecular weight is 299 g/mol. The predicted octanol–water partition coefficient (Wildman–Crippen LogP) is 3.52. The summed E-state index contributed by atoms with van der Waals surface area (Å²) in [6.07, 6.45) is 10.2. The van der Waals surface area contributed by atoms with E-state index in [0.29, 0.717) is 12.6 Å². The number of hydrogen-bond acceptors (Lipinski definition) is 4. The first-order valence-corrected chi connectivity index (χ1v) is 9.25. The molecule has 116 valence electrons. The summed E-state index contributed by atoms with van der Waals surface area (Å²) in [7, 11) is 0. The number of carbonyl (C=O) groups is 1. The molecule has 0 radical (unpaired) electrons. The van der Waals surface area contributed by atoms with Gasteiger partial charge in [0.2, 0.25) is 0 Å². The van der Waals surface area contributed by atoms with Gasteiger partial charge in [0, 0.05) is 11.3 Å². The van der Waals surface area contributed by atoms with Gasteiger partial charge in [-0.3, -0.25) is 10.1 Å². The molecule has 0 spiro atoms. The van der Waals surface area contributed by atoms with Crippen molar-refractivity contribution in [2.45, 2.75) is 82.0 Å². The highest BCUT2D eigenvalue weighted by molar-refractivity contribution is 7.99. The van der Waals surface area contributed by atoms with E-state index in [1.807, 2.05) is 13.8 Å². The van der Waals surface area contributed by atoms with Crippen molar-refractivity contribution in [1.82, 2.24) is 5.32 Å². The van der Waals surface area contributed by atoms with Crippen LogP contribution < -0.4 is 5.32 Å². The third kappa shape index (κ3) is 4.96. The lowest BCUT2D eigenvalue weighted by molar-refractivity contribution is -0.150. The Hall–Kier alpha value is -0.220. The van der Waals surface area contributed by atoms with E-state index in [4.69, 9.17) is 4.74 Å². The third-order valence-corrected chi connectivity index (χ3v) is 5.72. The van der Waals surface area contributed by atoms with E-state index in [-0.39, 0.29) is 5.97 Å². The van der Waals surface area contributed by atoms with Crippen LogP contribution in [0.5, 0.6) is 0 Å². The summed E-state index contributed by atoms with van der Waals surface area (Å²) in [4.78, 5) is 12.2. The summed E-state index contributed by atoms with van der Waals surface area (Å²) in [6, 6.07) is 0.532. The van der Waals surface area contributed by atoms with E-state index < -0.39 is 5.54 Å². The Morgan fingerprint density at radius 1 is 1.25 bits per heavy atom. The number of thioether (sulfide) groups is 1. The van der Waals surface area contributed by atoms with Crippen LogP contribution in [0.1, 0.15) is 65.2 Å². The zero-order valence-electron chi connectivity index (χ0n) is 13.0. The summed E-state index contributed by atoms with van der Waals surface area (Å²) in [5, 5.41) is 4.32. The molecule has 3 nitrogen and oxygen atoms in total. The molecule has 20 heavy (non-hydrogen) atoms. The molecule has 4 heteroatoms. The molecule has 0 heterocycles. The highest BCUT2D eigenvalue weighted by Gasteiger charge is 2.39. The van der Waals surface area contributed by atoms with E-state index in [9.17, 15) is 4.79 Å². The van der Waals surface area contributed by atoms with Crippen LogP contribution in [0.4, 0.5) is 0 Å². The molecule has 2 aliphatic rings. The Kier molecular flexibility index (Phi) is 6.21. The Morgan fingerprint density at radius 2 is 1.95 bits per heavy atom. The molecular formula is C16H29NO2S. The number of esters is 1. The molecule has 1 atom stereocenters. The molecule has 0 saturated heterocycles. The maximum Gasteiger partial charge on any atom is 0.326 e. The van der Waals surface area contributed by atoms with Crippen LogP contribution in [0, 0.1) is 0 Å². The number of nitrogens with one attached hydrogen (secondary N) is 1. The summed E-state index contributed by atoms with van der Waals surface area (Å²) in [5.74, 6) is 0.982. The van der Waals surface area contributed by atoms with Crippen molar-refractivity contribution in [1.29, 1.82) is 0 Å². The highest BCUT2D eigenvalue weighted by atomic mass is 32.2. The van der Waals surface area contributed by atoms with Crippen LogP contribution in [0.3, 0.4) is 0 Å². The van der Waals surface area contributed by atoms with Gasteiger partial charge in [0.15, 0.2) is 0 Å². The van der Waals surface area contributed by atoms with Gasteiger partial charge >= 0.3 is 5.97 Å². The lowest BCUT2D eigenvalue weighted by Crippen LogP contribution is -2.52. The second-order valence-electron chi connectivity index (χ2n) is 6.35. The normalized spacial score (nSPS) is 23.3. The number of carbonyl (C=O) groups excluding carboxylic acids is 1. The minimum Gasteiger partial charge on any atom is -0.465 e. The van der Waals surface area contributed by atoms with E-state index in [0.717, 1.165) is 17.4 Å². The molecule has 0 aromatic carbocycles. The zero-order valence-corrected chi connectivity index (χ0v) is 13.8. The fourth-order valence-corrected chi connectivity index (χ4v) is 4.39. The largest absolute Gasteiger partial charge is 0.465 e. The summed E-state index contributed by atoms with van der Waals surface area (Å²) in [5.41, 5.74) is -0.487. The maximum absolute atomic E-state index is 12.2. The minimum atomic E-state index is -0.487. The van der Waals surface area contributed by atoms with Crippen molar-refractivity contribution < 1.29 is 9.53 Å². The lowest BCUT2D eigenvalue weighted by Gasteiger charge is -2.29. The van der Waals surface area contributed by atoms with Crippen LogP contribution in [0.2, 0.25) is 0 Å². The fourth-order valence-electron chi connectivity index (χ4n) is 2.86. The number of ether oxygens (including phenoxy) is 1. The molecule has 2 saturated carbocycles. The molecule has 0 aromatic heterocycles. The number of rotatable bonds is 8. The first-order chi connectivity index (χ1) is 9.64. The van der Waals surface area contributed by atoms with Crippen molar-refractivity contribution in [3.8, 4) is 0 Å². The smallest absolute Gasteiger partial charge is 0.326 e. The summed E-state index contributed by atoms with van der Waals surface area (Å²) < 4.78 is 5.27. The van der Waals surface area contributed by atoms with Crippen molar-refractivity contribution in [2.75, 3.05) is 12.4 Å². The molecule has 0 bridgehead atoms. The van der Waals surface area contributed by atoms with Gasteiger partial charge < -0.3 is 4.74 Å². The second-order valence-corrected chi connectivity index (χ2v) is 7.76. The molecule has 1 unspecified atom stereocenters. The van der Waals surface area contributed by atoms with Crippen LogP contribution in [-0.4, -0.2) is 35.2 Å². The second kappa shape index (κ2) is 7.69. The average Bonchev–Trinajstić information content (AvgIpc) is 3.24. The Balaban J connectivity index is 1.78. The van der Waals surface area contributed by atoms with Gasteiger partial charge in [-0.15, -0.1) is 0 Å². The van der Waals surface area contributed by atoms with Crippen LogP contribution >= 0.6 is 11.8 Å². The Labute approximate surface area is 127 Å². The lowest BCUT2D eigenvalue weighted by atomic mass is 9.99. The van der Waals surface area contributed by atoms with Gasteiger partial charge in [0.1, 0.15) is 5.54 Å². The Bertz CT molecular complexity index is 314. The molecule has 0 aliphatic heterocycles. The summed E-state index contributed by atoms with van der Waals surface area (Å²) in [6.45, 7) is 4.37. The molecule has 2 rings (SSSR count). The maximum atomic E-state index is 12.2. The highest BCUT2D eigenvalue weighted by Crippen LogP contribution is 2.31. The molecule has 0 aromatic rings. The third-order valence-electron chi connectivity index (χ3n) is 4.33. The van der Waals surface area contributed by atoms with Gasteiger partial charge in [-0.05, 0) is 51.7 Å². The topological polar surface area (TPSA) is 38.3 Å². The van der Waals surface area contributed by atoms with E-state index in [1.54, 1.807) is 0 Å². The van der Waals surface area contributed by atoms with E-state index in [1.165, 1.54) is 44.9 Å². The van der Waals surface area contributed by atoms with Crippen molar-refractivity contribution in [3.63, 3.8) is 0 Å². The van der Waals surface area contributed by atoms with Gasteiger partial charge in [0.25, 0.3) is 0 Å². The molecule has 2 fully saturated rings. The van der Waals surface area contributed by atoms with Gasteiger partial charge in [0.05, 0.1) is 6.61 Å². The summed E-state index contributed by atoms with van der Waals surface area (Å²) >= 11 is 2.06. The zero-order chi connectivity index (χ0) is 14.4. The minimum absolute atomic E-state index is 0.0730. The van der Waals surface area contributed by atoms with Gasteiger partial charge in [-0.25, -0.2) is 0 Å². The van der Waals surface area contributed by atoms with Crippen molar-refractivity contribution in [2.24, 2.45) is 0 Å². The van der Waals surface area contributed by atoms with Crippen LogP contribution in [-0.2, 0) is 9.53 Å². The van der Waals surface area contributed by atoms with E-state index in [2.05, 4.69) is 17.1 Å². The van der Waals surface area contributed by atoms with Gasteiger partial charge in [-0.1, -0.05) is 19.3 Å². The van der Waals surface area contributed by atoms with Gasteiger partial charge in [-0.2, -0.15) is 11.8 Å². The first kappa shape index (κ1) is 16.2. The first-order valence-electron chi connectivity index (χ1n) is 8.20. The molecular weight excluding hydrogens is 270 g/mol.